The maximum atomic E-state index is 4.40. The maximum absolute atomic E-state index is 4.40. The predicted molar refractivity (Wildman–Crippen MR) is 62.9 cm³/mol. The second-order valence-electron chi connectivity index (χ2n) is 3.25. The smallest absolute Gasteiger partial charge is 0.124 e. The molecule has 0 N–H and O–H groups in total. The highest BCUT2D eigenvalue weighted by atomic mass is 32.1. The van der Waals surface area contributed by atoms with E-state index in [2.05, 4.69) is 22.1 Å². The van der Waals surface area contributed by atoms with Gasteiger partial charge in [0.05, 0.1) is 5.52 Å². The number of hydrogen-bond acceptors (Lipinski definition) is 3. The van der Waals surface area contributed by atoms with Crippen LogP contribution in [-0.4, -0.2) is 9.97 Å². The lowest BCUT2D eigenvalue weighted by Crippen LogP contribution is -1.81. The molecule has 0 fully saturated rings. The molecule has 2 aromatic heterocycles. The minimum atomic E-state index is 1.02. The standard InChI is InChI=1S/C12H8N2S/c1-2-4-11-9(3-1)7-10(8-14-11)12-13-5-6-15-12/h1-8H. The van der Waals surface area contributed by atoms with Crippen molar-refractivity contribution < 1.29 is 0 Å². The van der Waals surface area contributed by atoms with Crippen LogP contribution in [0.4, 0.5) is 0 Å². The molecule has 72 valence electrons. The number of benzene rings is 1. The number of pyridine rings is 1. The molecule has 0 amide bonds. The SMILES string of the molecule is c1ccc2ncc(-c3nccs3)cc2c1. The molecule has 0 saturated carbocycles. The molecule has 0 aliphatic carbocycles. The molecule has 0 aliphatic rings. The van der Waals surface area contributed by atoms with E-state index < -0.39 is 0 Å². The molecule has 1 aromatic carbocycles. The van der Waals surface area contributed by atoms with E-state index in [0.717, 1.165) is 21.5 Å². The van der Waals surface area contributed by atoms with E-state index in [-0.39, 0.29) is 0 Å². The van der Waals surface area contributed by atoms with Crippen LogP contribution in [-0.2, 0) is 0 Å². The van der Waals surface area contributed by atoms with Gasteiger partial charge in [-0.2, -0.15) is 0 Å². The third-order valence-electron chi connectivity index (χ3n) is 2.27. The average Bonchev–Trinajstić information content (AvgIpc) is 2.82. The van der Waals surface area contributed by atoms with Crippen molar-refractivity contribution in [2.45, 2.75) is 0 Å². The van der Waals surface area contributed by atoms with Crippen molar-refractivity contribution in [3.05, 3.63) is 48.1 Å². The van der Waals surface area contributed by atoms with Crippen LogP contribution in [0.1, 0.15) is 0 Å². The predicted octanol–water partition coefficient (Wildman–Crippen LogP) is 3.36. The second-order valence-corrected chi connectivity index (χ2v) is 4.15. The summed E-state index contributed by atoms with van der Waals surface area (Å²) in [6, 6.07) is 10.2. The Balaban J connectivity index is 2.22. The maximum Gasteiger partial charge on any atom is 0.124 e. The molecule has 0 saturated heterocycles. The first kappa shape index (κ1) is 8.56. The van der Waals surface area contributed by atoms with Crippen molar-refractivity contribution in [2.75, 3.05) is 0 Å². The number of para-hydroxylation sites is 1. The van der Waals surface area contributed by atoms with Gasteiger partial charge in [-0.05, 0) is 12.1 Å². The van der Waals surface area contributed by atoms with Crippen LogP contribution in [0.5, 0.6) is 0 Å². The van der Waals surface area contributed by atoms with Gasteiger partial charge < -0.3 is 0 Å². The Kier molecular flexibility index (Phi) is 1.96. The van der Waals surface area contributed by atoms with Crippen LogP contribution in [0.15, 0.2) is 48.1 Å². The van der Waals surface area contributed by atoms with E-state index in [4.69, 9.17) is 0 Å². The van der Waals surface area contributed by atoms with E-state index in [1.165, 1.54) is 0 Å². The molecular weight excluding hydrogens is 204 g/mol. The summed E-state index contributed by atoms with van der Waals surface area (Å²) < 4.78 is 0. The van der Waals surface area contributed by atoms with Gasteiger partial charge in [0.25, 0.3) is 0 Å². The Morgan fingerprint density at radius 2 is 2.00 bits per heavy atom. The number of rotatable bonds is 1. The summed E-state index contributed by atoms with van der Waals surface area (Å²) in [6.45, 7) is 0. The van der Waals surface area contributed by atoms with Gasteiger partial charge in [-0.25, -0.2) is 4.98 Å². The van der Waals surface area contributed by atoms with Gasteiger partial charge in [0.1, 0.15) is 5.01 Å². The molecule has 3 aromatic rings. The normalized spacial score (nSPS) is 10.7. The van der Waals surface area contributed by atoms with Gasteiger partial charge in [-0.1, -0.05) is 18.2 Å². The molecule has 2 heterocycles. The largest absolute Gasteiger partial charge is 0.256 e. The number of hydrogen-bond donors (Lipinski definition) is 0. The first-order valence-corrected chi connectivity index (χ1v) is 5.56. The highest BCUT2D eigenvalue weighted by molar-refractivity contribution is 7.13. The van der Waals surface area contributed by atoms with Crippen molar-refractivity contribution in [3.63, 3.8) is 0 Å². The average molecular weight is 212 g/mol. The van der Waals surface area contributed by atoms with Crippen molar-refractivity contribution in [1.29, 1.82) is 0 Å². The Hall–Kier alpha value is -1.74. The summed E-state index contributed by atoms with van der Waals surface area (Å²) in [6.07, 6.45) is 3.69. The Labute approximate surface area is 91.2 Å². The minimum Gasteiger partial charge on any atom is -0.256 e. The lowest BCUT2D eigenvalue weighted by Gasteiger charge is -1.99. The van der Waals surface area contributed by atoms with Crippen LogP contribution in [0.3, 0.4) is 0 Å². The zero-order chi connectivity index (χ0) is 10.1. The fourth-order valence-electron chi connectivity index (χ4n) is 1.55. The third kappa shape index (κ3) is 1.51. The molecule has 2 nitrogen and oxygen atoms in total. The summed E-state index contributed by atoms with van der Waals surface area (Å²) in [7, 11) is 0. The summed E-state index contributed by atoms with van der Waals surface area (Å²) >= 11 is 1.63. The first-order valence-electron chi connectivity index (χ1n) is 4.68. The number of thiazole rings is 1. The van der Waals surface area contributed by atoms with Crippen molar-refractivity contribution in [3.8, 4) is 10.6 Å². The van der Waals surface area contributed by atoms with Gasteiger partial charge in [0.15, 0.2) is 0 Å². The lowest BCUT2D eigenvalue weighted by molar-refractivity contribution is 1.37. The van der Waals surface area contributed by atoms with Gasteiger partial charge in [-0.15, -0.1) is 11.3 Å². The Morgan fingerprint density at radius 1 is 1.07 bits per heavy atom. The van der Waals surface area contributed by atoms with Crippen LogP contribution < -0.4 is 0 Å². The highest BCUT2D eigenvalue weighted by Crippen LogP contribution is 2.23. The first-order chi connectivity index (χ1) is 7.43. The molecular formula is C12H8N2S. The lowest BCUT2D eigenvalue weighted by atomic mass is 10.2. The van der Waals surface area contributed by atoms with Crippen molar-refractivity contribution >= 4 is 22.2 Å². The van der Waals surface area contributed by atoms with Crippen LogP contribution >= 0.6 is 11.3 Å². The summed E-state index contributed by atoms with van der Waals surface area (Å²) in [5.41, 5.74) is 2.11. The molecule has 0 atom stereocenters. The van der Waals surface area contributed by atoms with Gasteiger partial charge in [0, 0.05) is 28.7 Å². The van der Waals surface area contributed by atoms with E-state index >= 15 is 0 Å². The molecule has 0 spiro atoms. The zero-order valence-corrected chi connectivity index (χ0v) is 8.74. The van der Waals surface area contributed by atoms with E-state index in [9.17, 15) is 0 Å². The van der Waals surface area contributed by atoms with Crippen LogP contribution in [0.25, 0.3) is 21.5 Å². The molecule has 0 radical (unpaired) electrons. The third-order valence-corrected chi connectivity index (χ3v) is 3.09. The minimum absolute atomic E-state index is 1.02. The number of aromatic nitrogens is 2. The van der Waals surface area contributed by atoms with Crippen molar-refractivity contribution in [1.82, 2.24) is 9.97 Å². The highest BCUT2D eigenvalue weighted by Gasteiger charge is 2.01. The number of fused-ring (bicyclic) bond motifs is 1. The van der Waals surface area contributed by atoms with Gasteiger partial charge >= 0.3 is 0 Å². The zero-order valence-electron chi connectivity index (χ0n) is 7.92. The van der Waals surface area contributed by atoms with Gasteiger partial charge in [-0.3, -0.25) is 4.98 Å². The van der Waals surface area contributed by atoms with Crippen molar-refractivity contribution in [2.24, 2.45) is 0 Å². The topological polar surface area (TPSA) is 25.8 Å². The fourth-order valence-corrected chi connectivity index (χ4v) is 2.17. The summed E-state index contributed by atoms with van der Waals surface area (Å²) in [4.78, 5) is 8.68. The Morgan fingerprint density at radius 3 is 2.87 bits per heavy atom. The molecule has 3 rings (SSSR count). The van der Waals surface area contributed by atoms with E-state index in [0.29, 0.717) is 0 Å². The monoisotopic (exact) mass is 212 g/mol. The second kappa shape index (κ2) is 3.44. The Bertz CT molecular complexity index is 587. The molecule has 3 heteroatoms. The molecule has 0 unspecified atom stereocenters. The van der Waals surface area contributed by atoms with Crippen LogP contribution in [0, 0.1) is 0 Å². The quantitative estimate of drug-likeness (QED) is 0.618. The van der Waals surface area contributed by atoms with Crippen LogP contribution in [0.2, 0.25) is 0 Å². The number of nitrogens with zero attached hydrogens (tertiary/aromatic N) is 2. The fraction of sp³-hybridized carbons (Fsp3) is 0. The van der Waals surface area contributed by atoms with E-state index in [1.54, 1.807) is 11.3 Å². The summed E-state index contributed by atoms with van der Waals surface area (Å²) in [5.74, 6) is 0. The molecule has 0 aliphatic heterocycles. The van der Waals surface area contributed by atoms with Gasteiger partial charge in [0.2, 0.25) is 0 Å². The summed E-state index contributed by atoms with van der Waals surface area (Å²) in [5, 5.41) is 4.16. The van der Waals surface area contributed by atoms with E-state index in [1.807, 2.05) is 36.0 Å². The molecule has 15 heavy (non-hydrogen) atoms. The molecule has 0 bridgehead atoms.